The Morgan fingerprint density at radius 3 is 1.82 bits per heavy atom. The lowest BCUT2D eigenvalue weighted by Gasteiger charge is -2.15. The van der Waals surface area contributed by atoms with E-state index >= 15 is 0 Å². The third kappa shape index (κ3) is 11.9. The summed E-state index contributed by atoms with van der Waals surface area (Å²) in [5, 5.41) is 63.2. The van der Waals surface area contributed by atoms with Crippen molar-refractivity contribution in [3.05, 3.63) is 195 Å². The van der Waals surface area contributed by atoms with Crippen LogP contribution in [0.3, 0.4) is 0 Å². The number of nitro benzene ring substituents is 1. The molecule has 0 radical (unpaired) electrons. The Kier molecular flexibility index (Phi) is 15.6. The number of benzene rings is 8. The topological polar surface area (TPSA) is 232 Å². The molecule has 0 spiro atoms. The molecule has 0 unspecified atom stereocenters. The molecule has 0 saturated carbocycles. The number of phenolic OH excluding ortho intramolecular Hbond substituents is 2. The molecule has 0 atom stereocenters. The molecule has 8 aromatic carbocycles. The second-order valence-corrected chi connectivity index (χ2v) is 18.9. The predicted octanol–water partition coefficient (Wildman–Crippen LogP) is 12.4. The van der Waals surface area contributed by atoms with Gasteiger partial charge in [0.25, 0.3) is 11.8 Å². The van der Waals surface area contributed by atoms with Gasteiger partial charge in [-0.3, -0.25) is 24.5 Å². The van der Waals surface area contributed by atoms with Crippen LogP contribution in [0.2, 0.25) is 0 Å². The minimum atomic E-state index is -0.872. The number of aryl methyl sites for hydroxylation is 4. The molecule has 0 aliphatic rings. The summed E-state index contributed by atoms with van der Waals surface area (Å²) >= 11 is 2.69. The monoisotopic (exact) mass is 1010 g/mol. The molecular weight excluding hydrogens is 967 g/mol. The number of nitrogens with one attached hydrogen (secondary N) is 2. The van der Waals surface area contributed by atoms with Crippen LogP contribution in [0.4, 0.5) is 17.1 Å². The fraction of sp³-hybridized carbons (Fsp3) is 0.127. The second-order valence-electron chi connectivity index (χ2n) is 16.8. The lowest BCUT2D eigenvalue weighted by atomic mass is 10.0. The van der Waals surface area contributed by atoms with Crippen LogP contribution in [-0.4, -0.2) is 64.0 Å². The van der Waals surface area contributed by atoms with E-state index in [1.54, 1.807) is 53.2 Å². The van der Waals surface area contributed by atoms with E-state index in [1.807, 2.05) is 107 Å². The van der Waals surface area contributed by atoms with Gasteiger partial charge < -0.3 is 30.7 Å². The van der Waals surface area contributed by atoms with Gasteiger partial charge in [-0.15, -0.1) is 16.9 Å². The summed E-state index contributed by atoms with van der Waals surface area (Å²) in [6, 6.07) is 42.7. The van der Waals surface area contributed by atoms with E-state index in [0.29, 0.717) is 49.8 Å². The Morgan fingerprint density at radius 2 is 1.22 bits per heavy atom. The number of carbonyl (C=O) groups excluding carboxylic acids is 2. The number of aromatic hydroxyl groups is 2. The van der Waals surface area contributed by atoms with Crippen molar-refractivity contribution in [3.8, 4) is 28.7 Å². The number of aromatic nitrogens is 4. The summed E-state index contributed by atoms with van der Waals surface area (Å²) in [7, 11) is 0. The smallest absolute Gasteiger partial charge is 0.311 e. The molecule has 0 aliphatic heterocycles. The molecule has 5 N–H and O–H groups in total. The molecule has 0 fully saturated rings. The van der Waals surface area contributed by atoms with Crippen molar-refractivity contribution >= 4 is 79.9 Å². The number of tetrazole rings is 1. The number of rotatable bonds is 15. The maximum Gasteiger partial charge on any atom is 0.311 e. The van der Waals surface area contributed by atoms with E-state index < -0.39 is 22.7 Å². The van der Waals surface area contributed by atoms with Crippen LogP contribution in [0.5, 0.6) is 23.0 Å². The van der Waals surface area contributed by atoms with E-state index in [9.17, 15) is 34.7 Å². The number of carboxylic acids is 1. The Balaban J connectivity index is 0.000000218. The van der Waals surface area contributed by atoms with E-state index in [4.69, 9.17) is 9.84 Å². The molecule has 16 nitrogen and oxygen atoms in total. The molecule has 368 valence electrons. The lowest BCUT2D eigenvalue weighted by Crippen LogP contribution is -2.13. The first-order chi connectivity index (χ1) is 35.1. The van der Waals surface area contributed by atoms with Crippen molar-refractivity contribution < 1.29 is 39.4 Å². The number of para-hydroxylation sites is 1. The number of carbonyl (C=O) groups is 3. The summed E-state index contributed by atoms with van der Waals surface area (Å²) in [6.07, 6.45) is 0.0177. The molecule has 0 bridgehead atoms. The number of carboxylic acid groups (broad SMARTS) is 1. The number of hydrogen-bond donors (Lipinski definition) is 5. The van der Waals surface area contributed by atoms with Crippen LogP contribution in [-0.2, 0) is 10.5 Å². The van der Waals surface area contributed by atoms with Gasteiger partial charge >= 0.3 is 11.7 Å². The fourth-order valence-electron chi connectivity index (χ4n) is 7.72. The van der Waals surface area contributed by atoms with Gasteiger partial charge in [0.1, 0.15) is 17.2 Å². The maximum absolute atomic E-state index is 13.4. The zero-order chi connectivity index (χ0) is 51.8. The molecule has 9 rings (SSSR count). The van der Waals surface area contributed by atoms with Gasteiger partial charge in [0.05, 0.1) is 28.2 Å². The summed E-state index contributed by atoms with van der Waals surface area (Å²) in [6.45, 7) is 7.64. The van der Waals surface area contributed by atoms with Gasteiger partial charge in [-0.05, 0) is 114 Å². The van der Waals surface area contributed by atoms with Crippen LogP contribution in [0.1, 0.15) is 55.0 Å². The summed E-state index contributed by atoms with van der Waals surface area (Å²) in [4.78, 5) is 49.5. The van der Waals surface area contributed by atoms with Crippen LogP contribution in [0.25, 0.3) is 27.2 Å². The predicted molar refractivity (Wildman–Crippen MR) is 284 cm³/mol. The summed E-state index contributed by atoms with van der Waals surface area (Å²) < 4.78 is 7.73. The first-order valence-electron chi connectivity index (χ1n) is 22.7. The Bertz CT molecular complexity index is 3570. The number of phenols is 2. The number of nitro groups is 1. The standard InChI is InChI=1S/C33H26N6O5S.C22H21NO4S/c1-20-12-13-21(2)27(16-20)34-32(41)26-18-30(24-10-6-7-11-25(24)31(26)40)44-29-15-14-22(17-28(29)39(42)43)19-45-33-35-36-37-38(33)23-8-4-3-5-9-23;1-13-7-8-14(2)18(11-13)23-22(27)17-12-19(28-10-9-20(24)25)15-5-3-4-6-16(15)21(17)26/h3-18,40H,19H2,1-2H3,(H,34,41);3-8,11-12,26H,9-10H2,1-2H3,(H,23,27)(H,24,25). The highest BCUT2D eigenvalue weighted by Crippen LogP contribution is 2.42. The molecule has 2 amide bonds. The second kappa shape index (κ2) is 22.6. The molecule has 1 heterocycles. The van der Waals surface area contributed by atoms with Crippen LogP contribution < -0.4 is 15.4 Å². The number of amides is 2. The van der Waals surface area contributed by atoms with E-state index in [2.05, 4.69) is 26.2 Å². The van der Waals surface area contributed by atoms with E-state index in [-0.39, 0.29) is 46.2 Å². The number of nitrogens with zero attached hydrogens (tertiary/aromatic N) is 5. The van der Waals surface area contributed by atoms with E-state index in [0.717, 1.165) is 38.2 Å². The number of anilines is 2. The molecule has 1 aromatic heterocycles. The first-order valence-corrected chi connectivity index (χ1v) is 24.6. The van der Waals surface area contributed by atoms with Crippen molar-refractivity contribution in [1.82, 2.24) is 20.2 Å². The number of hydrogen-bond acceptors (Lipinski definition) is 13. The fourth-order valence-corrected chi connectivity index (χ4v) is 9.59. The zero-order valence-electron chi connectivity index (χ0n) is 39.8. The highest BCUT2D eigenvalue weighted by atomic mass is 32.2. The van der Waals surface area contributed by atoms with Gasteiger partial charge in [0.2, 0.25) is 10.9 Å². The minimum absolute atomic E-state index is 0.0143. The quantitative estimate of drug-likeness (QED) is 0.0365. The van der Waals surface area contributed by atoms with Crippen LogP contribution in [0, 0.1) is 37.8 Å². The third-order valence-corrected chi connectivity index (χ3v) is 13.6. The van der Waals surface area contributed by atoms with Crippen molar-refractivity contribution in [2.75, 3.05) is 16.4 Å². The van der Waals surface area contributed by atoms with Gasteiger partial charge in [-0.1, -0.05) is 109 Å². The largest absolute Gasteiger partial charge is 0.506 e. The molecule has 9 aromatic rings. The summed E-state index contributed by atoms with van der Waals surface area (Å²) in [5.41, 5.74) is 6.40. The first kappa shape index (κ1) is 50.6. The van der Waals surface area contributed by atoms with Crippen molar-refractivity contribution in [1.29, 1.82) is 0 Å². The highest BCUT2D eigenvalue weighted by molar-refractivity contribution is 7.99. The average molecular weight is 1010 g/mol. The zero-order valence-corrected chi connectivity index (χ0v) is 41.5. The van der Waals surface area contributed by atoms with Gasteiger partial charge in [0, 0.05) is 50.0 Å². The van der Waals surface area contributed by atoms with Crippen molar-refractivity contribution in [2.24, 2.45) is 0 Å². The number of fused-ring (bicyclic) bond motifs is 2. The van der Waals surface area contributed by atoms with Gasteiger partial charge in [0.15, 0.2) is 0 Å². The maximum atomic E-state index is 13.4. The molecule has 73 heavy (non-hydrogen) atoms. The third-order valence-electron chi connectivity index (χ3n) is 11.6. The van der Waals surface area contributed by atoms with Crippen molar-refractivity contribution in [3.63, 3.8) is 0 Å². The van der Waals surface area contributed by atoms with E-state index in [1.165, 1.54) is 41.7 Å². The Labute approximate surface area is 427 Å². The average Bonchev–Trinajstić information content (AvgIpc) is 3.86. The van der Waals surface area contributed by atoms with Crippen LogP contribution in [0.15, 0.2) is 156 Å². The highest BCUT2D eigenvalue weighted by Gasteiger charge is 2.24. The molecule has 18 heteroatoms. The van der Waals surface area contributed by atoms with Crippen molar-refractivity contribution in [2.45, 2.75) is 49.9 Å². The number of aliphatic carboxylic acids is 1. The molecule has 0 aliphatic carbocycles. The van der Waals surface area contributed by atoms with Gasteiger partial charge in [-0.2, -0.15) is 4.68 Å². The number of thioether (sulfide) groups is 2. The number of ether oxygens (including phenoxy) is 1. The lowest BCUT2D eigenvalue weighted by molar-refractivity contribution is -0.385. The minimum Gasteiger partial charge on any atom is -0.506 e. The normalized spacial score (nSPS) is 10.9. The molecular formula is C55H47N7O9S2. The van der Waals surface area contributed by atoms with Gasteiger partial charge in [-0.25, -0.2) is 0 Å². The van der Waals surface area contributed by atoms with Crippen LogP contribution >= 0.6 is 23.5 Å². The SMILES string of the molecule is Cc1ccc(C)c(NC(=O)c2cc(Oc3ccc(CSc4nnnn4-c4ccccc4)cc3[N+](=O)[O-])c3ccccc3c2O)c1.Cc1ccc(C)c(NC(=O)c2cc(SCCC(=O)O)c3ccccc3c2O)c1. The molecule has 0 saturated heterocycles. The Morgan fingerprint density at radius 1 is 0.658 bits per heavy atom. The summed E-state index contributed by atoms with van der Waals surface area (Å²) in [5.74, 6) is -1.22. The Hall–Kier alpha value is -8.74.